The molecule has 210 valence electrons. The average molecular weight is 607 g/mol. The number of hydrogen-bond acceptors (Lipinski definition) is 10. The van der Waals surface area contributed by atoms with Crippen molar-refractivity contribution in [1.29, 1.82) is 0 Å². The van der Waals surface area contributed by atoms with Gasteiger partial charge in [0, 0.05) is 40.1 Å². The van der Waals surface area contributed by atoms with E-state index in [9.17, 15) is 18.4 Å². The smallest absolute Gasteiger partial charge is 0.338 e. The van der Waals surface area contributed by atoms with Gasteiger partial charge in [0.2, 0.25) is 0 Å². The number of thiazole rings is 2. The second kappa shape index (κ2) is 12.1. The van der Waals surface area contributed by atoms with Crippen LogP contribution in [0.3, 0.4) is 0 Å². The van der Waals surface area contributed by atoms with Crippen LogP contribution in [0.1, 0.15) is 52.0 Å². The summed E-state index contributed by atoms with van der Waals surface area (Å²) in [4.78, 5) is 39.9. The number of rotatable bonds is 8. The van der Waals surface area contributed by atoms with Crippen LogP contribution < -0.4 is 5.32 Å². The first-order valence-corrected chi connectivity index (χ1v) is 14.7. The normalized spacial score (nSPS) is 18.6. The van der Waals surface area contributed by atoms with E-state index in [1.807, 2.05) is 0 Å². The molecule has 0 radical (unpaired) electrons. The molecule has 2 aromatic heterocycles. The zero-order chi connectivity index (χ0) is 28.4. The van der Waals surface area contributed by atoms with E-state index in [0.717, 1.165) is 21.6 Å². The Morgan fingerprint density at radius 1 is 1.27 bits per heavy atom. The van der Waals surface area contributed by atoms with E-state index in [0.29, 0.717) is 42.2 Å². The summed E-state index contributed by atoms with van der Waals surface area (Å²) in [6.07, 6.45) is 4.28. The first-order valence-electron chi connectivity index (χ1n) is 12.6. The topological polar surface area (TPSA) is 103 Å². The Morgan fingerprint density at radius 2 is 2.10 bits per heavy atom. The minimum atomic E-state index is -1.21. The molecule has 40 heavy (non-hydrogen) atoms. The Balaban J connectivity index is 1.57. The number of benzene rings is 1. The number of allylic oxidation sites excluding steroid dienone is 1. The number of aromatic nitrogens is 2. The third kappa shape index (κ3) is 5.65. The molecule has 0 saturated heterocycles. The number of aliphatic imine (C=N–C) groups is 1. The highest BCUT2D eigenvalue weighted by Gasteiger charge is 2.38. The van der Waals surface area contributed by atoms with Gasteiger partial charge in [-0.15, -0.1) is 22.7 Å². The lowest BCUT2D eigenvalue weighted by atomic mass is 9.83. The average Bonchev–Trinajstić information content (AvgIpc) is 3.64. The highest BCUT2D eigenvalue weighted by atomic mass is 35.5. The molecule has 2 atom stereocenters. The third-order valence-electron chi connectivity index (χ3n) is 6.73. The number of carbonyl (C=O) groups excluding carboxylic acids is 2. The van der Waals surface area contributed by atoms with Crippen molar-refractivity contribution in [2.75, 3.05) is 13.7 Å². The molecule has 1 aliphatic carbocycles. The second-order valence-electron chi connectivity index (χ2n) is 9.15. The molecule has 2 aliphatic rings. The molecule has 0 bridgehead atoms. The van der Waals surface area contributed by atoms with Crippen molar-refractivity contribution in [2.24, 2.45) is 10.9 Å². The zero-order valence-corrected chi connectivity index (χ0v) is 24.0. The van der Waals surface area contributed by atoms with Gasteiger partial charge in [0.1, 0.15) is 6.04 Å². The Kier molecular flexibility index (Phi) is 8.57. The van der Waals surface area contributed by atoms with E-state index < -0.39 is 28.7 Å². The van der Waals surface area contributed by atoms with Gasteiger partial charge in [0.25, 0.3) is 0 Å². The fourth-order valence-corrected chi connectivity index (χ4v) is 6.88. The number of carbonyl (C=O) groups is 2. The minimum absolute atomic E-state index is 0.115. The highest BCUT2D eigenvalue weighted by Crippen LogP contribution is 2.42. The minimum Gasteiger partial charge on any atom is -0.469 e. The van der Waals surface area contributed by atoms with Crippen molar-refractivity contribution in [3.63, 3.8) is 0 Å². The van der Waals surface area contributed by atoms with Crippen LogP contribution in [0.2, 0.25) is 5.02 Å². The van der Waals surface area contributed by atoms with Gasteiger partial charge < -0.3 is 14.8 Å². The monoisotopic (exact) mass is 606 g/mol. The van der Waals surface area contributed by atoms with Crippen molar-refractivity contribution in [3.8, 4) is 0 Å². The van der Waals surface area contributed by atoms with E-state index in [2.05, 4.69) is 10.3 Å². The Bertz CT molecular complexity index is 1510. The molecule has 1 aromatic carbocycles. The molecule has 0 spiro atoms. The lowest BCUT2D eigenvalue weighted by Crippen LogP contribution is -2.38. The van der Waals surface area contributed by atoms with Gasteiger partial charge in [-0.3, -0.25) is 9.79 Å². The number of nitrogens with zero attached hydrogens (tertiary/aromatic N) is 3. The molecule has 0 amide bonds. The predicted molar refractivity (Wildman–Crippen MR) is 148 cm³/mol. The van der Waals surface area contributed by atoms with Gasteiger partial charge in [-0.1, -0.05) is 17.7 Å². The van der Waals surface area contributed by atoms with Crippen LogP contribution in [0.25, 0.3) is 0 Å². The van der Waals surface area contributed by atoms with Crippen molar-refractivity contribution >= 4 is 52.0 Å². The maximum atomic E-state index is 14.6. The fraction of sp³-hybridized carbons (Fsp3) is 0.370. The van der Waals surface area contributed by atoms with Crippen LogP contribution >= 0.6 is 34.3 Å². The van der Waals surface area contributed by atoms with Gasteiger partial charge in [-0.05, 0) is 32.3 Å². The maximum absolute atomic E-state index is 14.6. The molecule has 2 unspecified atom stereocenters. The first-order chi connectivity index (χ1) is 19.3. The number of fused-ring (bicyclic) bond motifs is 1. The second-order valence-corrected chi connectivity index (χ2v) is 11.6. The first kappa shape index (κ1) is 28.3. The Labute approximate surface area is 242 Å². The molecule has 1 aliphatic heterocycles. The van der Waals surface area contributed by atoms with Crippen LogP contribution in [0.15, 0.2) is 40.0 Å². The summed E-state index contributed by atoms with van der Waals surface area (Å²) >= 11 is 9.17. The number of amidine groups is 1. The molecular formula is C27H25ClF2N4O4S2. The van der Waals surface area contributed by atoms with Crippen molar-refractivity contribution in [3.05, 3.63) is 77.8 Å². The van der Waals surface area contributed by atoms with E-state index in [-0.39, 0.29) is 36.1 Å². The summed E-state index contributed by atoms with van der Waals surface area (Å²) in [6, 6.07) is 1.27. The van der Waals surface area contributed by atoms with Gasteiger partial charge >= 0.3 is 11.9 Å². The molecule has 0 fully saturated rings. The number of methoxy groups -OCH3 is 1. The van der Waals surface area contributed by atoms with Crippen LogP contribution in [-0.4, -0.2) is 41.5 Å². The summed E-state index contributed by atoms with van der Waals surface area (Å²) in [5, 5.41) is 6.11. The van der Waals surface area contributed by atoms with E-state index in [1.165, 1.54) is 35.8 Å². The number of nitrogens with one attached hydrogen (secondary N) is 1. The fourth-order valence-electron chi connectivity index (χ4n) is 4.84. The summed E-state index contributed by atoms with van der Waals surface area (Å²) in [6.45, 7) is 1.81. The Morgan fingerprint density at radius 3 is 2.83 bits per heavy atom. The summed E-state index contributed by atoms with van der Waals surface area (Å²) in [5.41, 5.74) is 1.90. The molecule has 1 N–H and O–H groups in total. The van der Waals surface area contributed by atoms with Gasteiger partial charge in [-0.25, -0.2) is 23.5 Å². The molecule has 3 heterocycles. The van der Waals surface area contributed by atoms with Gasteiger partial charge in [-0.2, -0.15) is 0 Å². The van der Waals surface area contributed by atoms with E-state index in [1.54, 1.807) is 18.5 Å². The zero-order valence-electron chi connectivity index (χ0n) is 21.6. The molecule has 5 rings (SSSR count). The third-order valence-corrected chi connectivity index (χ3v) is 9.07. The molecule has 8 nitrogen and oxygen atoms in total. The molecular weight excluding hydrogens is 582 g/mol. The lowest BCUT2D eigenvalue weighted by Gasteiger charge is -2.33. The largest absolute Gasteiger partial charge is 0.469 e. The molecule has 0 saturated carbocycles. The van der Waals surface area contributed by atoms with Crippen LogP contribution in [0.4, 0.5) is 8.78 Å². The van der Waals surface area contributed by atoms with Gasteiger partial charge in [0.15, 0.2) is 22.5 Å². The van der Waals surface area contributed by atoms with Crippen molar-refractivity contribution < 1.29 is 27.8 Å². The number of ether oxygens (including phenoxy) is 2. The number of halogens is 3. The molecule has 3 aromatic rings. The SMILES string of the molecule is CCOC(=O)C1=C(C2CCc3nc(CCC(=O)OC)sc3C2)NC(c2nccs2)=NC1c1ccc(F)c(F)c1Cl. The van der Waals surface area contributed by atoms with Crippen LogP contribution in [0, 0.1) is 17.6 Å². The summed E-state index contributed by atoms with van der Waals surface area (Å²) in [7, 11) is 1.36. The number of hydrogen-bond donors (Lipinski definition) is 1. The lowest BCUT2D eigenvalue weighted by molar-refractivity contribution is -0.141. The van der Waals surface area contributed by atoms with Crippen molar-refractivity contribution in [1.82, 2.24) is 15.3 Å². The molecule has 13 heteroatoms. The quantitative estimate of drug-likeness (QED) is 0.272. The standard InChI is InChI=1S/C27H25ClF2N4O4S2/c1-3-38-27(36)20-23(13-4-7-16-17(12-13)40-18(32-16)8-9-19(35)37-2)33-25(26-31-10-11-39-26)34-24(20)14-5-6-15(29)22(30)21(14)28/h5-6,10-11,13,24H,3-4,7-9,12H2,1-2H3,(H,33,34). The van der Waals surface area contributed by atoms with Crippen LogP contribution in [0.5, 0.6) is 0 Å². The van der Waals surface area contributed by atoms with Gasteiger partial charge in [0.05, 0.1) is 41.4 Å². The van der Waals surface area contributed by atoms with E-state index >= 15 is 0 Å². The number of aryl methyl sites for hydroxylation is 2. The summed E-state index contributed by atoms with van der Waals surface area (Å²) < 4.78 is 38.8. The van der Waals surface area contributed by atoms with Crippen molar-refractivity contribution in [2.45, 2.75) is 45.1 Å². The highest BCUT2D eigenvalue weighted by molar-refractivity contribution is 7.12. The summed E-state index contributed by atoms with van der Waals surface area (Å²) in [5.74, 6) is -2.97. The Hall–Kier alpha value is -3.22. The number of esters is 2. The van der Waals surface area contributed by atoms with Crippen LogP contribution in [-0.2, 0) is 38.3 Å². The predicted octanol–water partition coefficient (Wildman–Crippen LogP) is 5.35. The maximum Gasteiger partial charge on any atom is 0.338 e. The van der Waals surface area contributed by atoms with E-state index in [4.69, 9.17) is 31.1 Å².